The van der Waals surface area contributed by atoms with Crippen LogP contribution in [0.2, 0.25) is 0 Å². The Hall–Kier alpha value is -1.00. The second-order valence-corrected chi connectivity index (χ2v) is 3.29. The Balaban J connectivity index is 2.12. The van der Waals surface area contributed by atoms with Crippen LogP contribution in [-0.4, -0.2) is 19.2 Å². The molecule has 1 heterocycles. The highest BCUT2D eigenvalue weighted by molar-refractivity contribution is 5.18. The predicted octanol–water partition coefficient (Wildman–Crippen LogP) is 1.94. The van der Waals surface area contributed by atoms with Crippen molar-refractivity contribution in [1.82, 2.24) is 5.32 Å². The van der Waals surface area contributed by atoms with Crippen molar-refractivity contribution in [2.75, 3.05) is 13.1 Å². The molecule has 1 aromatic carbocycles. The Morgan fingerprint density at radius 2 is 2.00 bits per heavy atom. The van der Waals surface area contributed by atoms with Crippen molar-refractivity contribution >= 4 is 0 Å². The summed E-state index contributed by atoms with van der Waals surface area (Å²) in [5, 5.41) is 2.65. The third-order valence-corrected chi connectivity index (χ3v) is 2.15. The zero-order chi connectivity index (χ0) is 10.0. The first-order valence-corrected chi connectivity index (χ1v) is 4.49. The molecule has 1 aromatic rings. The molecule has 0 spiro atoms. The summed E-state index contributed by atoms with van der Waals surface area (Å²) in [6, 6.07) is 9.04. The molecule has 1 N–H and O–H groups in total. The Morgan fingerprint density at radius 3 is 2.64 bits per heavy atom. The van der Waals surface area contributed by atoms with Gasteiger partial charge in [0.05, 0.1) is 6.54 Å². The number of rotatable bonds is 1. The van der Waals surface area contributed by atoms with Gasteiger partial charge >= 0.3 is 6.11 Å². The fourth-order valence-corrected chi connectivity index (χ4v) is 1.49. The van der Waals surface area contributed by atoms with E-state index in [1.807, 2.05) is 18.2 Å². The number of ether oxygens (including phenoxy) is 1. The molecule has 0 aromatic heterocycles. The molecule has 1 aliphatic rings. The zero-order valence-electron chi connectivity index (χ0n) is 7.54. The van der Waals surface area contributed by atoms with Gasteiger partial charge in [-0.1, -0.05) is 30.3 Å². The monoisotopic (exact) mass is 199 g/mol. The molecule has 2 nitrogen and oxygen atoms in total. The number of nitrogens with one attached hydrogen (secondary N) is 1. The maximum Gasteiger partial charge on any atom is 0.368 e. The lowest BCUT2D eigenvalue weighted by Gasteiger charge is -2.30. The average Bonchev–Trinajstić information content (AvgIpc) is 2.18. The highest BCUT2D eigenvalue weighted by Gasteiger charge is 2.37. The van der Waals surface area contributed by atoms with Crippen LogP contribution in [0, 0.1) is 0 Å². The van der Waals surface area contributed by atoms with E-state index in [0.29, 0.717) is 6.54 Å². The number of halogens is 2. The first kappa shape index (κ1) is 9.55. The molecule has 1 atom stereocenters. The van der Waals surface area contributed by atoms with Crippen LogP contribution in [0.4, 0.5) is 8.78 Å². The number of hydrogen-bond donors (Lipinski definition) is 1. The minimum atomic E-state index is -3.06. The molecule has 14 heavy (non-hydrogen) atoms. The van der Waals surface area contributed by atoms with Crippen LogP contribution in [0.15, 0.2) is 30.3 Å². The van der Waals surface area contributed by atoms with E-state index >= 15 is 0 Å². The highest BCUT2D eigenvalue weighted by Crippen LogP contribution is 2.28. The highest BCUT2D eigenvalue weighted by atomic mass is 19.3. The lowest BCUT2D eigenvalue weighted by atomic mass is 10.1. The molecule has 1 aliphatic heterocycles. The Kier molecular flexibility index (Phi) is 2.48. The van der Waals surface area contributed by atoms with Gasteiger partial charge < -0.3 is 10.1 Å². The maximum absolute atomic E-state index is 12.9. The van der Waals surface area contributed by atoms with E-state index in [4.69, 9.17) is 0 Å². The van der Waals surface area contributed by atoms with Gasteiger partial charge in [0.25, 0.3) is 0 Å². The fraction of sp³-hybridized carbons (Fsp3) is 0.400. The third kappa shape index (κ3) is 2.08. The Labute approximate surface area is 80.9 Å². The molecule has 0 saturated carbocycles. The SMILES string of the molecule is FC1(F)CNCC(c2ccccc2)O1. The van der Waals surface area contributed by atoms with Gasteiger partial charge in [0.1, 0.15) is 6.10 Å². The minimum absolute atomic E-state index is 0.406. The van der Waals surface area contributed by atoms with Crippen LogP contribution in [0.1, 0.15) is 11.7 Å². The van der Waals surface area contributed by atoms with Gasteiger partial charge in [-0.15, -0.1) is 0 Å². The molecule has 0 aliphatic carbocycles. The van der Waals surface area contributed by atoms with Crippen LogP contribution in [0.3, 0.4) is 0 Å². The minimum Gasteiger partial charge on any atom is -0.310 e. The van der Waals surface area contributed by atoms with E-state index in [1.54, 1.807) is 12.1 Å². The molecule has 2 rings (SSSR count). The summed E-state index contributed by atoms with van der Waals surface area (Å²) >= 11 is 0. The number of morpholine rings is 1. The molecule has 1 saturated heterocycles. The van der Waals surface area contributed by atoms with Crippen molar-refractivity contribution in [3.8, 4) is 0 Å². The van der Waals surface area contributed by atoms with Crippen molar-refractivity contribution in [3.63, 3.8) is 0 Å². The molecular weight excluding hydrogens is 188 g/mol. The first-order chi connectivity index (χ1) is 6.67. The molecule has 0 bridgehead atoms. The fourth-order valence-electron chi connectivity index (χ4n) is 1.49. The molecule has 1 fully saturated rings. The summed E-state index contributed by atoms with van der Waals surface area (Å²) in [6.45, 7) is 0.0237. The van der Waals surface area contributed by atoms with E-state index in [2.05, 4.69) is 10.1 Å². The molecule has 0 amide bonds. The topological polar surface area (TPSA) is 21.3 Å². The van der Waals surface area contributed by atoms with E-state index < -0.39 is 18.8 Å². The van der Waals surface area contributed by atoms with E-state index in [0.717, 1.165) is 5.56 Å². The maximum atomic E-state index is 12.9. The summed E-state index contributed by atoms with van der Waals surface area (Å²) in [5.41, 5.74) is 0.777. The predicted molar refractivity (Wildman–Crippen MR) is 48.1 cm³/mol. The van der Waals surface area contributed by atoms with Crippen LogP contribution in [0.5, 0.6) is 0 Å². The van der Waals surface area contributed by atoms with Gasteiger partial charge in [0.15, 0.2) is 0 Å². The summed E-state index contributed by atoms with van der Waals surface area (Å²) in [6.07, 6.45) is -3.61. The van der Waals surface area contributed by atoms with Crippen molar-refractivity contribution in [1.29, 1.82) is 0 Å². The van der Waals surface area contributed by atoms with E-state index in [1.165, 1.54) is 0 Å². The largest absolute Gasteiger partial charge is 0.368 e. The second-order valence-electron chi connectivity index (χ2n) is 3.29. The Bertz CT molecular complexity index is 302. The average molecular weight is 199 g/mol. The molecule has 0 radical (unpaired) electrons. The van der Waals surface area contributed by atoms with Gasteiger partial charge in [-0.2, -0.15) is 8.78 Å². The quantitative estimate of drug-likeness (QED) is 0.746. The van der Waals surface area contributed by atoms with Crippen LogP contribution >= 0.6 is 0 Å². The number of alkyl halides is 2. The summed E-state index contributed by atoms with van der Waals surface area (Å²) in [5.74, 6) is 0. The molecule has 1 unspecified atom stereocenters. The lowest BCUT2D eigenvalue weighted by molar-refractivity contribution is -0.275. The van der Waals surface area contributed by atoms with Crippen molar-refractivity contribution < 1.29 is 13.5 Å². The van der Waals surface area contributed by atoms with Crippen LogP contribution in [-0.2, 0) is 4.74 Å². The number of hydrogen-bond acceptors (Lipinski definition) is 2. The first-order valence-electron chi connectivity index (χ1n) is 4.49. The van der Waals surface area contributed by atoms with Gasteiger partial charge in [0, 0.05) is 6.54 Å². The standard InChI is InChI=1S/C10H11F2NO/c11-10(12)7-13-6-9(14-10)8-4-2-1-3-5-8/h1-5,9,13H,6-7H2. The molecule has 76 valence electrons. The van der Waals surface area contributed by atoms with Crippen molar-refractivity contribution in [2.45, 2.75) is 12.2 Å². The lowest BCUT2D eigenvalue weighted by Crippen LogP contribution is -2.45. The molecular formula is C10H11F2NO. The smallest absolute Gasteiger partial charge is 0.310 e. The summed E-state index contributed by atoms with van der Waals surface area (Å²) < 4.78 is 30.4. The van der Waals surface area contributed by atoms with Crippen molar-refractivity contribution in [2.24, 2.45) is 0 Å². The zero-order valence-corrected chi connectivity index (χ0v) is 7.54. The summed E-state index contributed by atoms with van der Waals surface area (Å²) in [7, 11) is 0. The van der Waals surface area contributed by atoms with Gasteiger partial charge in [0.2, 0.25) is 0 Å². The Morgan fingerprint density at radius 1 is 1.29 bits per heavy atom. The number of benzene rings is 1. The van der Waals surface area contributed by atoms with Crippen LogP contribution < -0.4 is 5.32 Å². The van der Waals surface area contributed by atoms with Gasteiger partial charge in [-0.25, -0.2) is 0 Å². The van der Waals surface area contributed by atoms with E-state index in [-0.39, 0.29) is 0 Å². The normalized spacial score (nSPS) is 26.0. The summed E-state index contributed by atoms with van der Waals surface area (Å²) in [4.78, 5) is 0. The van der Waals surface area contributed by atoms with Crippen molar-refractivity contribution in [3.05, 3.63) is 35.9 Å². The van der Waals surface area contributed by atoms with Gasteiger partial charge in [-0.05, 0) is 5.56 Å². The molecule has 4 heteroatoms. The van der Waals surface area contributed by atoms with E-state index in [9.17, 15) is 8.78 Å². The van der Waals surface area contributed by atoms with Gasteiger partial charge in [-0.3, -0.25) is 0 Å². The van der Waals surface area contributed by atoms with Crippen LogP contribution in [0.25, 0.3) is 0 Å². The second kappa shape index (κ2) is 3.63. The third-order valence-electron chi connectivity index (χ3n) is 2.15.